The summed E-state index contributed by atoms with van der Waals surface area (Å²) in [7, 11) is 0. The zero-order valence-corrected chi connectivity index (χ0v) is 15.6. The second kappa shape index (κ2) is 10.3. The van der Waals surface area contributed by atoms with Crippen LogP contribution in [0.4, 0.5) is 0 Å². The number of nitrogens with one attached hydrogen (secondary N) is 1. The van der Waals surface area contributed by atoms with E-state index in [1.54, 1.807) is 6.07 Å². The van der Waals surface area contributed by atoms with Gasteiger partial charge >= 0.3 is 0 Å². The normalized spacial score (nSPS) is 12.0. The quantitative estimate of drug-likeness (QED) is 0.665. The highest BCUT2D eigenvalue weighted by Gasteiger charge is 2.13. The second-order valence-electron chi connectivity index (χ2n) is 5.77. The van der Waals surface area contributed by atoms with E-state index in [2.05, 4.69) is 5.32 Å². The fraction of sp³-hybridized carbons (Fsp3) is 0.400. The van der Waals surface area contributed by atoms with E-state index < -0.39 is 0 Å². The lowest BCUT2D eigenvalue weighted by molar-refractivity contribution is 0.238. The lowest BCUT2D eigenvalue weighted by Crippen LogP contribution is -2.31. The Morgan fingerprint density at radius 2 is 1.80 bits per heavy atom. The summed E-state index contributed by atoms with van der Waals surface area (Å²) in [5.41, 5.74) is 2.00. The number of halogens is 1. The van der Waals surface area contributed by atoms with Crippen LogP contribution in [0, 0.1) is 0 Å². The molecule has 25 heavy (non-hydrogen) atoms. The van der Waals surface area contributed by atoms with Crippen molar-refractivity contribution in [1.82, 2.24) is 5.32 Å². The number of hydrogen-bond donors (Lipinski definition) is 2. The van der Waals surface area contributed by atoms with Crippen LogP contribution in [0.25, 0.3) is 0 Å². The topological polar surface area (TPSA) is 50.7 Å². The van der Waals surface area contributed by atoms with Crippen molar-refractivity contribution in [2.24, 2.45) is 0 Å². The Morgan fingerprint density at radius 1 is 1.08 bits per heavy atom. The molecule has 2 N–H and O–H groups in total. The number of benzene rings is 2. The Morgan fingerprint density at radius 3 is 2.44 bits per heavy atom. The van der Waals surface area contributed by atoms with Crippen LogP contribution in [0.3, 0.4) is 0 Å². The molecule has 4 nitrogen and oxygen atoms in total. The van der Waals surface area contributed by atoms with Crippen LogP contribution in [-0.2, 0) is 13.2 Å². The maximum Gasteiger partial charge on any atom is 0.163 e. The third-order valence-electron chi connectivity index (χ3n) is 3.94. The van der Waals surface area contributed by atoms with Crippen LogP contribution in [-0.4, -0.2) is 24.4 Å². The molecule has 0 aliphatic heterocycles. The first-order valence-electron chi connectivity index (χ1n) is 8.64. The maximum atomic E-state index is 9.29. The van der Waals surface area contributed by atoms with Gasteiger partial charge in [-0.15, -0.1) is 0 Å². The Bertz CT molecular complexity index is 645. The van der Waals surface area contributed by atoms with Gasteiger partial charge in [0.2, 0.25) is 0 Å². The summed E-state index contributed by atoms with van der Waals surface area (Å²) >= 11 is 6.42. The number of rotatable bonds is 10. The molecule has 1 atom stereocenters. The van der Waals surface area contributed by atoms with Crippen LogP contribution in [0.1, 0.15) is 31.4 Å². The first-order valence-corrected chi connectivity index (χ1v) is 9.01. The van der Waals surface area contributed by atoms with Crippen LogP contribution < -0.4 is 14.8 Å². The molecule has 0 aliphatic carbocycles. The predicted molar refractivity (Wildman–Crippen MR) is 101 cm³/mol. The second-order valence-corrected chi connectivity index (χ2v) is 6.17. The van der Waals surface area contributed by atoms with Crippen molar-refractivity contribution in [3.8, 4) is 11.5 Å². The molecule has 0 radical (unpaired) electrons. The molecular weight excluding hydrogens is 338 g/mol. The third-order valence-corrected chi connectivity index (χ3v) is 4.30. The molecule has 5 heteroatoms. The van der Waals surface area contributed by atoms with Crippen molar-refractivity contribution in [3.05, 3.63) is 58.6 Å². The van der Waals surface area contributed by atoms with Gasteiger partial charge in [-0.3, -0.25) is 0 Å². The number of aliphatic hydroxyl groups excluding tert-OH is 1. The van der Waals surface area contributed by atoms with E-state index in [9.17, 15) is 5.11 Å². The van der Waals surface area contributed by atoms with Crippen molar-refractivity contribution in [1.29, 1.82) is 0 Å². The lowest BCUT2D eigenvalue weighted by atomic mass is 10.1. The minimum absolute atomic E-state index is 0.0561. The van der Waals surface area contributed by atoms with E-state index in [-0.39, 0.29) is 12.6 Å². The largest absolute Gasteiger partial charge is 0.490 e. The van der Waals surface area contributed by atoms with Crippen LogP contribution in [0.5, 0.6) is 11.5 Å². The van der Waals surface area contributed by atoms with Crippen LogP contribution in [0.15, 0.2) is 42.5 Å². The molecule has 0 aromatic heterocycles. The molecule has 0 amide bonds. The fourth-order valence-electron chi connectivity index (χ4n) is 2.42. The molecule has 0 saturated heterocycles. The molecule has 0 saturated carbocycles. The average Bonchev–Trinajstić information content (AvgIpc) is 2.64. The van der Waals surface area contributed by atoms with Gasteiger partial charge in [-0.1, -0.05) is 48.9 Å². The Hall–Kier alpha value is -1.75. The summed E-state index contributed by atoms with van der Waals surface area (Å²) in [5, 5.41) is 13.2. The van der Waals surface area contributed by atoms with Gasteiger partial charge in [0.1, 0.15) is 6.61 Å². The molecular formula is C20H26ClNO3. The summed E-state index contributed by atoms with van der Waals surface area (Å²) in [6.07, 6.45) is 0.852. The van der Waals surface area contributed by atoms with Gasteiger partial charge in [0, 0.05) is 23.7 Å². The van der Waals surface area contributed by atoms with Gasteiger partial charge in [0.15, 0.2) is 11.5 Å². The van der Waals surface area contributed by atoms with E-state index in [4.69, 9.17) is 21.1 Å². The van der Waals surface area contributed by atoms with Crippen molar-refractivity contribution in [2.75, 3.05) is 13.2 Å². The van der Waals surface area contributed by atoms with Crippen molar-refractivity contribution >= 4 is 11.6 Å². The van der Waals surface area contributed by atoms with E-state index in [0.717, 1.165) is 17.5 Å². The standard InChI is InChI=1S/C20H26ClNO3/c1-3-17(13-23)22-12-16-10-19(24-4-2)20(11-18(16)21)25-14-15-8-6-5-7-9-15/h5-11,17,22-23H,3-4,12-14H2,1-2H3. The van der Waals surface area contributed by atoms with E-state index in [1.807, 2.05) is 50.2 Å². The number of hydrogen-bond acceptors (Lipinski definition) is 4. The number of aliphatic hydroxyl groups is 1. The molecule has 0 bridgehead atoms. The molecule has 0 aliphatic rings. The van der Waals surface area contributed by atoms with Crippen molar-refractivity contribution < 1.29 is 14.6 Å². The van der Waals surface area contributed by atoms with E-state index in [1.165, 1.54) is 0 Å². The molecule has 136 valence electrons. The molecule has 2 aromatic carbocycles. The molecule has 0 spiro atoms. The summed E-state index contributed by atoms with van der Waals surface area (Å²) in [4.78, 5) is 0. The average molecular weight is 364 g/mol. The van der Waals surface area contributed by atoms with Crippen LogP contribution in [0.2, 0.25) is 5.02 Å². The SMILES string of the molecule is CCOc1cc(CNC(CC)CO)c(Cl)cc1OCc1ccccc1. The summed E-state index contributed by atoms with van der Waals surface area (Å²) in [6.45, 7) is 5.64. The summed E-state index contributed by atoms with van der Waals surface area (Å²) < 4.78 is 11.6. The monoisotopic (exact) mass is 363 g/mol. The highest BCUT2D eigenvalue weighted by Crippen LogP contribution is 2.34. The summed E-state index contributed by atoms with van der Waals surface area (Å²) in [6, 6.07) is 13.7. The van der Waals surface area contributed by atoms with Gasteiger partial charge in [-0.05, 0) is 30.5 Å². The highest BCUT2D eigenvalue weighted by molar-refractivity contribution is 6.31. The van der Waals surface area contributed by atoms with Gasteiger partial charge in [-0.2, -0.15) is 0 Å². The fourth-order valence-corrected chi connectivity index (χ4v) is 2.64. The molecule has 0 fully saturated rings. The minimum Gasteiger partial charge on any atom is -0.490 e. The van der Waals surface area contributed by atoms with Gasteiger partial charge in [0.25, 0.3) is 0 Å². The molecule has 2 rings (SSSR count). The minimum atomic E-state index is 0.0561. The predicted octanol–water partition coefficient (Wildman–Crippen LogP) is 4.18. The highest BCUT2D eigenvalue weighted by atomic mass is 35.5. The van der Waals surface area contributed by atoms with E-state index >= 15 is 0 Å². The maximum absolute atomic E-state index is 9.29. The summed E-state index contributed by atoms with van der Waals surface area (Å²) in [5.74, 6) is 1.31. The van der Waals surface area contributed by atoms with Crippen molar-refractivity contribution in [3.63, 3.8) is 0 Å². The third kappa shape index (κ3) is 5.92. The van der Waals surface area contributed by atoms with Gasteiger partial charge in [0.05, 0.1) is 13.2 Å². The Labute approximate surface area is 154 Å². The number of ether oxygens (including phenoxy) is 2. The first-order chi connectivity index (χ1) is 12.2. The lowest BCUT2D eigenvalue weighted by Gasteiger charge is -2.17. The van der Waals surface area contributed by atoms with Gasteiger partial charge < -0.3 is 19.9 Å². The van der Waals surface area contributed by atoms with E-state index in [0.29, 0.717) is 36.3 Å². The molecule has 0 heterocycles. The smallest absolute Gasteiger partial charge is 0.163 e. The zero-order valence-electron chi connectivity index (χ0n) is 14.8. The first kappa shape index (κ1) is 19.6. The molecule has 2 aromatic rings. The van der Waals surface area contributed by atoms with Crippen LogP contribution >= 0.6 is 11.6 Å². The Balaban J connectivity index is 2.12. The molecule has 1 unspecified atom stereocenters. The van der Waals surface area contributed by atoms with Crippen molar-refractivity contribution in [2.45, 2.75) is 39.5 Å². The Kier molecular flexibility index (Phi) is 8.06. The zero-order chi connectivity index (χ0) is 18.1. The van der Waals surface area contributed by atoms with Gasteiger partial charge in [-0.25, -0.2) is 0 Å².